The van der Waals surface area contributed by atoms with Gasteiger partial charge in [-0.2, -0.15) is 0 Å². The zero-order chi connectivity index (χ0) is 23.6. The Bertz CT molecular complexity index is 885. The van der Waals surface area contributed by atoms with Crippen molar-refractivity contribution in [3.05, 3.63) is 18.2 Å². The second kappa shape index (κ2) is 7.57. The quantitative estimate of drug-likeness (QED) is 0.573. The summed E-state index contributed by atoms with van der Waals surface area (Å²) in [5, 5.41) is 2.95. The van der Waals surface area contributed by atoms with Gasteiger partial charge >= 0.3 is 12.7 Å². The number of alkyl halides is 6. The number of amides is 1. The second-order valence-corrected chi connectivity index (χ2v) is 9.73. The normalized spacial score (nSPS) is 37.4. The van der Waals surface area contributed by atoms with Gasteiger partial charge in [0, 0.05) is 30.5 Å². The summed E-state index contributed by atoms with van der Waals surface area (Å²) in [5.41, 5.74) is 0.303. The molecular formula is C20H23F6N3O4. The first kappa shape index (κ1) is 22.9. The molecule has 33 heavy (non-hydrogen) atoms. The minimum absolute atomic E-state index is 0.0515. The van der Waals surface area contributed by atoms with Crippen LogP contribution in [0.15, 0.2) is 12.5 Å². The molecule has 0 radical (unpaired) electrons. The van der Waals surface area contributed by atoms with Crippen molar-refractivity contribution in [2.75, 3.05) is 6.61 Å². The van der Waals surface area contributed by atoms with Gasteiger partial charge in [0.15, 0.2) is 0 Å². The van der Waals surface area contributed by atoms with Crippen molar-refractivity contribution in [2.45, 2.75) is 93.0 Å². The van der Waals surface area contributed by atoms with E-state index in [9.17, 15) is 31.1 Å². The van der Waals surface area contributed by atoms with Crippen LogP contribution in [0.5, 0.6) is 0 Å². The fourth-order valence-corrected chi connectivity index (χ4v) is 5.51. The van der Waals surface area contributed by atoms with E-state index in [4.69, 9.17) is 4.74 Å². The predicted octanol–water partition coefficient (Wildman–Crippen LogP) is 3.50. The summed E-state index contributed by atoms with van der Waals surface area (Å²) in [7, 11) is 0. The standard InChI is InChI=1S/C20H23F6N3O4/c21-19(22,23)32-13-1-11(2-13)15-5-29(10-27-15)18-7-17(8-18,9-18)28-16(30)6-31-12-3-14(4-12)33-20(24,25)26/h5,10-14H,1-4,6-9H2,(H,28,30)/t11-,12-,13-,14+,17?,18?. The van der Waals surface area contributed by atoms with E-state index in [1.54, 1.807) is 6.33 Å². The summed E-state index contributed by atoms with van der Waals surface area (Å²) >= 11 is 0. The van der Waals surface area contributed by atoms with Crippen molar-refractivity contribution in [2.24, 2.45) is 0 Å². The van der Waals surface area contributed by atoms with Crippen LogP contribution in [-0.2, 0) is 24.5 Å². The van der Waals surface area contributed by atoms with Crippen molar-refractivity contribution in [1.82, 2.24) is 14.9 Å². The second-order valence-electron chi connectivity index (χ2n) is 9.73. The van der Waals surface area contributed by atoms with Crippen molar-refractivity contribution in [3.63, 3.8) is 0 Å². The molecule has 0 spiro atoms. The van der Waals surface area contributed by atoms with E-state index >= 15 is 0 Å². The van der Waals surface area contributed by atoms with Crippen molar-refractivity contribution >= 4 is 5.91 Å². The molecule has 5 fully saturated rings. The number of nitrogens with one attached hydrogen (secondary N) is 1. The van der Waals surface area contributed by atoms with Crippen LogP contribution in [0.2, 0.25) is 0 Å². The fraction of sp³-hybridized carbons (Fsp3) is 0.800. The van der Waals surface area contributed by atoms with Crippen LogP contribution in [0, 0.1) is 0 Å². The molecular weight excluding hydrogens is 460 g/mol. The molecule has 0 unspecified atom stereocenters. The Morgan fingerprint density at radius 3 is 2.15 bits per heavy atom. The maximum Gasteiger partial charge on any atom is 0.522 e. The molecule has 5 aliphatic rings. The van der Waals surface area contributed by atoms with Gasteiger partial charge in [0.2, 0.25) is 5.91 Å². The molecule has 0 aromatic carbocycles. The van der Waals surface area contributed by atoms with E-state index < -0.39 is 31.0 Å². The van der Waals surface area contributed by atoms with E-state index in [-0.39, 0.29) is 55.2 Å². The van der Waals surface area contributed by atoms with Gasteiger partial charge in [0.1, 0.15) is 6.61 Å². The summed E-state index contributed by atoms with van der Waals surface area (Å²) in [4.78, 5) is 16.5. The molecule has 0 saturated heterocycles. The fourth-order valence-electron chi connectivity index (χ4n) is 5.51. The van der Waals surface area contributed by atoms with Crippen LogP contribution in [0.25, 0.3) is 0 Å². The van der Waals surface area contributed by atoms with Gasteiger partial charge in [-0.15, -0.1) is 26.3 Å². The van der Waals surface area contributed by atoms with Crippen LogP contribution in [0.4, 0.5) is 26.3 Å². The summed E-state index contributed by atoms with van der Waals surface area (Å²) in [6, 6.07) is 0. The zero-order valence-electron chi connectivity index (χ0n) is 17.4. The maximum atomic E-state index is 12.3. The van der Waals surface area contributed by atoms with Crippen LogP contribution in [0.1, 0.15) is 56.6 Å². The monoisotopic (exact) mass is 483 g/mol. The molecule has 1 aromatic rings. The number of nitrogens with zero attached hydrogens (tertiary/aromatic N) is 2. The number of carbonyl (C=O) groups is 1. The van der Waals surface area contributed by atoms with Crippen LogP contribution in [-0.4, -0.2) is 58.6 Å². The Kier molecular flexibility index (Phi) is 5.26. The molecule has 0 aliphatic heterocycles. The number of ether oxygens (including phenoxy) is 3. The average Bonchev–Trinajstić information content (AvgIpc) is 3.01. The number of hydrogen-bond acceptors (Lipinski definition) is 5. The number of rotatable bonds is 8. The SMILES string of the molecule is O=C(CO[C@H]1C[C@@H](OC(F)(F)F)C1)NC12CC(n3cnc([C@H]4C[C@H](OC(F)(F)F)C4)c3)(C1)C2. The molecule has 1 aromatic heterocycles. The molecule has 13 heteroatoms. The first-order valence-corrected chi connectivity index (χ1v) is 10.8. The van der Waals surface area contributed by atoms with Crippen molar-refractivity contribution in [3.8, 4) is 0 Å². The van der Waals surface area contributed by atoms with Gasteiger partial charge in [-0.25, -0.2) is 4.98 Å². The molecule has 5 aliphatic carbocycles. The van der Waals surface area contributed by atoms with E-state index in [0.717, 1.165) is 25.0 Å². The molecule has 1 heterocycles. The number of aromatic nitrogens is 2. The highest BCUT2D eigenvalue weighted by molar-refractivity contribution is 5.78. The average molecular weight is 483 g/mol. The number of imidazole rings is 1. The Morgan fingerprint density at radius 1 is 1.00 bits per heavy atom. The Morgan fingerprint density at radius 2 is 1.58 bits per heavy atom. The largest absolute Gasteiger partial charge is 0.522 e. The molecule has 6 rings (SSSR count). The van der Waals surface area contributed by atoms with Crippen molar-refractivity contribution in [1.29, 1.82) is 0 Å². The summed E-state index contributed by atoms with van der Waals surface area (Å²) in [6.07, 6.45) is -4.93. The van der Waals surface area contributed by atoms with Gasteiger partial charge in [0.05, 0.1) is 35.9 Å². The van der Waals surface area contributed by atoms with Gasteiger partial charge in [-0.3, -0.25) is 14.3 Å². The molecule has 5 saturated carbocycles. The number of carbonyl (C=O) groups excluding carboxylic acids is 1. The minimum Gasteiger partial charge on any atom is -0.368 e. The Hall–Kier alpha value is -1.86. The summed E-state index contributed by atoms with van der Waals surface area (Å²) < 4.78 is 88.4. The summed E-state index contributed by atoms with van der Waals surface area (Å²) in [5.74, 6) is -0.357. The lowest BCUT2D eigenvalue weighted by atomic mass is 9.44. The number of halogens is 6. The molecule has 0 atom stereocenters. The number of hydrogen-bond donors (Lipinski definition) is 1. The van der Waals surface area contributed by atoms with Crippen LogP contribution >= 0.6 is 0 Å². The highest BCUT2D eigenvalue weighted by Gasteiger charge is 2.69. The van der Waals surface area contributed by atoms with Crippen molar-refractivity contribution < 1.29 is 45.3 Å². The van der Waals surface area contributed by atoms with Crippen LogP contribution in [0.3, 0.4) is 0 Å². The Labute approximate surface area is 184 Å². The lowest BCUT2D eigenvalue weighted by Gasteiger charge is -2.70. The lowest BCUT2D eigenvalue weighted by molar-refractivity contribution is -0.357. The molecule has 1 N–H and O–H groups in total. The maximum absolute atomic E-state index is 12.3. The van der Waals surface area contributed by atoms with E-state index in [2.05, 4.69) is 19.8 Å². The topological polar surface area (TPSA) is 74.6 Å². The first-order valence-electron chi connectivity index (χ1n) is 10.8. The minimum atomic E-state index is -4.66. The molecule has 1 amide bonds. The Balaban J connectivity index is 1.01. The van der Waals surface area contributed by atoms with E-state index in [1.165, 1.54) is 0 Å². The van der Waals surface area contributed by atoms with Gasteiger partial charge in [0.25, 0.3) is 0 Å². The smallest absolute Gasteiger partial charge is 0.368 e. The lowest BCUT2D eigenvalue weighted by Crippen LogP contribution is -2.78. The third-order valence-corrected chi connectivity index (χ3v) is 7.17. The highest BCUT2D eigenvalue weighted by atomic mass is 19.4. The molecule has 7 nitrogen and oxygen atoms in total. The third-order valence-electron chi connectivity index (χ3n) is 7.17. The van der Waals surface area contributed by atoms with Crippen LogP contribution < -0.4 is 5.32 Å². The van der Waals surface area contributed by atoms with E-state index in [0.29, 0.717) is 0 Å². The summed E-state index contributed by atoms with van der Waals surface area (Å²) in [6.45, 7) is -0.212. The van der Waals surface area contributed by atoms with E-state index in [1.807, 2.05) is 10.8 Å². The van der Waals surface area contributed by atoms with Gasteiger partial charge in [-0.05, 0) is 32.1 Å². The molecule has 2 bridgehead atoms. The highest BCUT2D eigenvalue weighted by Crippen LogP contribution is 2.65. The zero-order valence-corrected chi connectivity index (χ0v) is 17.4. The van der Waals surface area contributed by atoms with Gasteiger partial charge in [-0.1, -0.05) is 0 Å². The van der Waals surface area contributed by atoms with Gasteiger partial charge < -0.3 is 14.6 Å². The first-order chi connectivity index (χ1) is 15.3. The molecule has 184 valence electrons. The third kappa shape index (κ3) is 4.72. The predicted molar refractivity (Wildman–Crippen MR) is 97.7 cm³/mol.